The van der Waals surface area contributed by atoms with Gasteiger partial charge in [-0.05, 0) is 51.1 Å². The maximum atomic E-state index is 12.7. The number of carbonyl (C=O) groups excluding carboxylic acids is 1. The lowest BCUT2D eigenvalue weighted by molar-refractivity contribution is 0.102. The van der Waals surface area contributed by atoms with Gasteiger partial charge in [0.05, 0.1) is 15.9 Å². The van der Waals surface area contributed by atoms with E-state index in [1.54, 1.807) is 44.2 Å². The lowest BCUT2D eigenvalue weighted by Crippen LogP contribution is -2.14. The summed E-state index contributed by atoms with van der Waals surface area (Å²) in [7, 11) is -3.85. The number of nitrogens with one attached hydrogen (secondary N) is 2. The maximum Gasteiger partial charge on any atom is 0.267 e. The minimum atomic E-state index is -3.85. The molecule has 4 rings (SSSR count). The summed E-state index contributed by atoms with van der Waals surface area (Å²) in [6, 6.07) is 12.2. The summed E-state index contributed by atoms with van der Waals surface area (Å²) < 4.78 is 33.7. The van der Waals surface area contributed by atoms with Crippen molar-refractivity contribution in [1.82, 2.24) is 10.1 Å². The number of rotatable bonds is 5. The summed E-state index contributed by atoms with van der Waals surface area (Å²) in [6.45, 7) is 5.06. The summed E-state index contributed by atoms with van der Waals surface area (Å²) in [4.78, 5) is 16.8. The van der Waals surface area contributed by atoms with E-state index in [9.17, 15) is 13.2 Å². The van der Waals surface area contributed by atoms with Crippen molar-refractivity contribution < 1.29 is 17.7 Å². The van der Waals surface area contributed by atoms with Crippen molar-refractivity contribution in [3.8, 4) is 0 Å². The van der Waals surface area contributed by atoms with Gasteiger partial charge < -0.3 is 4.52 Å². The molecule has 0 saturated carbocycles. The number of aryl methyl sites for hydroxylation is 3. The average molecular weight is 443 g/mol. The first-order valence-corrected chi connectivity index (χ1v) is 11.3. The number of amides is 1. The number of benzene rings is 2. The number of nitrogens with zero attached hydrogens (tertiary/aromatic N) is 2. The van der Waals surface area contributed by atoms with Crippen molar-refractivity contribution in [2.75, 3.05) is 10.0 Å². The molecule has 2 heterocycles. The molecule has 0 fully saturated rings. The van der Waals surface area contributed by atoms with Crippen LogP contribution in [0.4, 0.5) is 10.8 Å². The molecule has 0 aliphatic rings. The molecule has 0 aliphatic carbocycles. The Labute approximate surface area is 177 Å². The lowest BCUT2D eigenvalue weighted by Gasteiger charge is -2.07. The Bertz CT molecular complexity index is 1340. The summed E-state index contributed by atoms with van der Waals surface area (Å²) in [5.41, 5.74) is 2.81. The van der Waals surface area contributed by atoms with Gasteiger partial charge in [-0.1, -0.05) is 34.2 Å². The average Bonchev–Trinajstić information content (AvgIpc) is 3.23. The van der Waals surface area contributed by atoms with E-state index >= 15 is 0 Å². The highest BCUT2D eigenvalue weighted by Gasteiger charge is 2.24. The van der Waals surface area contributed by atoms with Crippen molar-refractivity contribution in [2.24, 2.45) is 0 Å². The molecular formula is C20H18N4O4S2. The van der Waals surface area contributed by atoms with Gasteiger partial charge in [-0.3, -0.25) is 14.8 Å². The number of fused-ring (bicyclic) bond motifs is 1. The van der Waals surface area contributed by atoms with Crippen LogP contribution in [0, 0.1) is 20.8 Å². The van der Waals surface area contributed by atoms with Crippen LogP contribution in [0.2, 0.25) is 0 Å². The summed E-state index contributed by atoms with van der Waals surface area (Å²) in [6.07, 6.45) is 0. The number of aromatic nitrogens is 2. The zero-order chi connectivity index (χ0) is 21.5. The van der Waals surface area contributed by atoms with Gasteiger partial charge in [0.15, 0.2) is 15.8 Å². The number of anilines is 2. The van der Waals surface area contributed by atoms with E-state index in [4.69, 9.17) is 4.52 Å². The van der Waals surface area contributed by atoms with E-state index in [-0.39, 0.29) is 22.3 Å². The molecule has 0 radical (unpaired) electrons. The van der Waals surface area contributed by atoms with Gasteiger partial charge in [0.2, 0.25) is 0 Å². The zero-order valence-electron chi connectivity index (χ0n) is 16.4. The predicted molar refractivity (Wildman–Crippen MR) is 116 cm³/mol. The van der Waals surface area contributed by atoms with Crippen LogP contribution in [0.25, 0.3) is 10.2 Å². The van der Waals surface area contributed by atoms with Crippen molar-refractivity contribution >= 4 is 48.3 Å². The van der Waals surface area contributed by atoms with E-state index in [1.807, 2.05) is 19.1 Å². The third-order valence-electron chi connectivity index (χ3n) is 4.41. The Hall–Kier alpha value is -3.24. The normalized spacial score (nSPS) is 11.6. The van der Waals surface area contributed by atoms with Crippen LogP contribution in [0.3, 0.4) is 0 Å². The van der Waals surface area contributed by atoms with E-state index in [0.717, 1.165) is 10.3 Å². The minimum Gasteiger partial charge on any atom is -0.360 e. The van der Waals surface area contributed by atoms with Crippen molar-refractivity contribution in [3.63, 3.8) is 0 Å². The van der Waals surface area contributed by atoms with E-state index in [2.05, 4.69) is 20.2 Å². The van der Waals surface area contributed by atoms with Crippen molar-refractivity contribution in [3.05, 3.63) is 65.0 Å². The third kappa shape index (κ3) is 3.91. The fourth-order valence-corrected chi connectivity index (χ4v) is 5.21. The Morgan fingerprint density at radius 2 is 1.80 bits per heavy atom. The van der Waals surface area contributed by atoms with Crippen LogP contribution in [-0.2, 0) is 10.0 Å². The minimum absolute atomic E-state index is 0.0203. The fourth-order valence-electron chi connectivity index (χ4n) is 2.98. The second kappa shape index (κ2) is 7.54. The molecule has 0 atom stereocenters. The summed E-state index contributed by atoms with van der Waals surface area (Å²) >= 11 is 1.31. The molecule has 10 heteroatoms. The largest absolute Gasteiger partial charge is 0.360 e. The Morgan fingerprint density at radius 3 is 2.47 bits per heavy atom. The number of sulfonamides is 1. The highest BCUT2D eigenvalue weighted by atomic mass is 32.2. The van der Waals surface area contributed by atoms with Crippen LogP contribution in [-0.4, -0.2) is 24.5 Å². The molecular weight excluding hydrogens is 424 g/mol. The van der Waals surface area contributed by atoms with Gasteiger partial charge in [-0.25, -0.2) is 13.4 Å². The molecule has 0 saturated heterocycles. The summed E-state index contributed by atoms with van der Waals surface area (Å²) in [5, 5.41) is 6.90. The first-order chi connectivity index (χ1) is 14.2. The van der Waals surface area contributed by atoms with Gasteiger partial charge in [0.1, 0.15) is 5.69 Å². The highest BCUT2D eigenvalue weighted by molar-refractivity contribution is 7.92. The Kier molecular flexibility index (Phi) is 5.04. The second-order valence-corrected chi connectivity index (χ2v) is 9.43. The predicted octanol–water partition coefficient (Wildman–Crippen LogP) is 4.26. The van der Waals surface area contributed by atoms with Crippen LogP contribution in [0.5, 0.6) is 0 Å². The monoisotopic (exact) mass is 442 g/mol. The Balaban J connectivity index is 1.57. The summed E-state index contributed by atoms with van der Waals surface area (Å²) in [5.74, 6) is -0.0377. The molecule has 1 amide bonds. The van der Waals surface area contributed by atoms with E-state index < -0.39 is 10.0 Å². The maximum absolute atomic E-state index is 12.7. The van der Waals surface area contributed by atoms with Crippen LogP contribution in [0.1, 0.15) is 27.4 Å². The number of hydrogen-bond donors (Lipinski definition) is 2. The SMILES string of the molecule is Cc1ccc(C(=O)Nc2nc3cc(NS(=O)(=O)c4c(C)noc4C)ccc3s2)cc1. The second-order valence-electron chi connectivity index (χ2n) is 6.78. The van der Waals surface area contributed by atoms with Crippen molar-refractivity contribution in [1.29, 1.82) is 0 Å². The molecule has 2 N–H and O–H groups in total. The molecule has 4 aromatic rings. The molecule has 8 nitrogen and oxygen atoms in total. The molecule has 154 valence electrons. The van der Waals surface area contributed by atoms with Gasteiger partial charge in [0, 0.05) is 5.56 Å². The van der Waals surface area contributed by atoms with Crippen molar-refractivity contribution in [2.45, 2.75) is 25.7 Å². The number of carbonyl (C=O) groups is 1. The molecule has 0 bridgehead atoms. The van der Waals surface area contributed by atoms with Crippen LogP contribution < -0.4 is 10.0 Å². The first kappa shape index (κ1) is 20.0. The number of thiazole rings is 1. The third-order valence-corrected chi connectivity index (χ3v) is 6.99. The molecule has 2 aromatic heterocycles. The van der Waals surface area contributed by atoms with E-state index in [1.165, 1.54) is 11.3 Å². The molecule has 0 unspecified atom stereocenters. The first-order valence-electron chi connectivity index (χ1n) is 8.97. The van der Waals surface area contributed by atoms with Gasteiger partial charge in [-0.2, -0.15) is 0 Å². The highest BCUT2D eigenvalue weighted by Crippen LogP contribution is 2.30. The standard InChI is InChI=1S/C20H18N4O4S2/c1-11-4-6-14(7-5-11)19(25)22-20-21-16-10-15(8-9-17(16)29-20)24-30(26,27)18-12(2)23-28-13(18)3/h4-10,24H,1-3H3,(H,21,22,25). The van der Waals surface area contributed by atoms with Gasteiger partial charge in [0.25, 0.3) is 15.9 Å². The topological polar surface area (TPSA) is 114 Å². The fraction of sp³-hybridized carbons (Fsp3) is 0.150. The molecule has 2 aromatic carbocycles. The van der Waals surface area contributed by atoms with E-state index in [0.29, 0.717) is 21.9 Å². The molecule has 30 heavy (non-hydrogen) atoms. The molecule has 0 aliphatic heterocycles. The van der Waals surface area contributed by atoms with Gasteiger partial charge in [-0.15, -0.1) is 0 Å². The van der Waals surface area contributed by atoms with Crippen LogP contribution >= 0.6 is 11.3 Å². The zero-order valence-corrected chi connectivity index (χ0v) is 18.0. The Morgan fingerprint density at radius 1 is 1.07 bits per heavy atom. The lowest BCUT2D eigenvalue weighted by atomic mass is 10.1. The van der Waals surface area contributed by atoms with Crippen LogP contribution in [0.15, 0.2) is 51.9 Å². The molecule has 0 spiro atoms. The number of hydrogen-bond acceptors (Lipinski definition) is 7. The smallest absolute Gasteiger partial charge is 0.267 e. The van der Waals surface area contributed by atoms with Gasteiger partial charge >= 0.3 is 0 Å². The quantitative estimate of drug-likeness (QED) is 0.477.